The highest BCUT2D eigenvalue weighted by molar-refractivity contribution is 9.10. The van der Waals surface area contributed by atoms with Gasteiger partial charge in [0.25, 0.3) is 11.5 Å². The van der Waals surface area contributed by atoms with Crippen molar-refractivity contribution in [3.8, 4) is 0 Å². The summed E-state index contributed by atoms with van der Waals surface area (Å²) in [4.78, 5) is 26.1. The van der Waals surface area contributed by atoms with Gasteiger partial charge in [0.05, 0.1) is 10.9 Å². The number of thiophene rings is 1. The zero-order valence-corrected chi connectivity index (χ0v) is 15.8. The van der Waals surface area contributed by atoms with Crippen molar-refractivity contribution in [2.24, 2.45) is 0 Å². The molecule has 0 saturated heterocycles. The van der Waals surface area contributed by atoms with Crippen molar-refractivity contribution in [3.05, 3.63) is 67.4 Å². The molecule has 0 fully saturated rings. The quantitative estimate of drug-likeness (QED) is 0.711. The number of pyridine rings is 1. The van der Waals surface area contributed by atoms with Gasteiger partial charge in [-0.05, 0) is 37.6 Å². The molecule has 1 aromatic carbocycles. The van der Waals surface area contributed by atoms with E-state index in [4.69, 9.17) is 0 Å². The van der Waals surface area contributed by atoms with E-state index in [1.165, 1.54) is 11.3 Å². The lowest BCUT2D eigenvalue weighted by Crippen LogP contribution is -2.26. The molecule has 1 amide bonds. The highest BCUT2D eigenvalue weighted by Crippen LogP contribution is 2.28. The van der Waals surface area contributed by atoms with Crippen molar-refractivity contribution in [3.63, 3.8) is 0 Å². The molecule has 0 aliphatic rings. The van der Waals surface area contributed by atoms with Crippen LogP contribution in [0.2, 0.25) is 0 Å². The van der Waals surface area contributed by atoms with Gasteiger partial charge in [0.15, 0.2) is 0 Å². The smallest absolute Gasteiger partial charge is 0.260 e. The molecule has 1 N–H and O–H groups in total. The van der Waals surface area contributed by atoms with E-state index >= 15 is 0 Å². The first-order valence-electron chi connectivity index (χ1n) is 7.66. The SMILES string of the molecule is CCn1ccc2sc(C)c(C(=O)NCc3ccc(Br)cc3)c2c1=O. The van der Waals surface area contributed by atoms with Crippen molar-refractivity contribution in [2.75, 3.05) is 0 Å². The second kappa shape index (κ2) is 6.91. The molecule has 0 bridgehead atoms. The number of benzene rings is 1. The van der Waals surface area contributed by atoms with Gasteiger partial charge in [-0.15, -0.1) is 11.3 Å². The van der Waals surface area contributed by atoms with E-state index in [0.717, 1.165) is 19.6 Å². The van der Waals surface area contributed by atoms with E-state index in [0.29, 0.717) is 24.0 Å². The Morgan fingerprint density at radius 1 is 1.25 bits per heavy atom. The summed E-state index contributed by atoms with van der Waals surface area (Å²) in [5, 5.41) is 3.45. The molecule has 0 saturated carbocycles. The number of aryl methyl sites for hydroxylation is 2. The van der Waals surface area contributed by atoms with Crippen molar-refractivity contribution in [2.45, 2.75) is 26.9 Å². The summed E-state index contributed by atoms with van der Waals surface area (Å²) in [6, 6.07) is 9.68. The number of hydrogen-bond acceptors (Lipinski definition) is 3. The van der Waals surface area contributed by atoms with Gasteiger partial charge < -0.3 is 9.88 Å². The largest absolute Gasteiger partial charge is 0.348 e. The van der Waals surface area contributed by atoms with Gasteiger partial charge in [-0.1, -0.05) is 28.1 Å². The van der Waals surface area contributed by atoms with Crippen LogP contribution in [0.5, 0.6) is 0 Å². The molecule has 2 heterocycles. The third-order valence-electron chi connectivity index (χ3n) is 3.93. The molecule has 0 aliphatic carbocycles. The molecule has 3 rings (SSSR count). The lowest BCUT2D eigenvalue weighted by atomic mass is 10.1. The first-order chi connectivity index (χ1) is 11.5. The Labute approximate surface area is 152 Å². The van der Waals surface area contributed by atoms with Crippen LogP contribution in [0.25, 0.3) is 10.1 Å². The molecule has 0 atom stereocenters. The summed E-state index contributed by atoms with van der Waals surface area (Å²) in [6.45, 7) is 4.82. The molecule has 0 spiro atoms. The third-order valence-corrected chi connectivity index (χ3v) is 5.53. The highest BCUT2D eigenvalue weighted by atomic mass is 79.9. The number of hydrogen-bond donors (Lipinski definition) is 1. The average molecular weight is 405 g/mol. The monoisotopic (exact) mass is 404 g/mol. The fourth-order valence-electron chi connectivity index (χ4n) is 2.66. The van der Waals surface area contributed by atoms with E-state index in [-0.39, 0.29) is 11.5 Å². The fourth-order valence-corrected chi connectivity index (χ4v) is 3.97. The van der Waals surface area contributed by atoms with Gasteiger partial charge >= 0.3 is 0 Å². The summed E-state index contributed by atoms with van der Waals surface area (Å²) in [5.41, 5.74) is 1.41. The van der Waals surface area contributed by atoms with Gasteiger partial charge in [0.2, 0.25) is 0 Å². The minimum absolute atomic E-state index is 0.104. The Bertz CT molecular complexity index is 958. The van der Waals surface area contributed by atoms with Crippen LogP contribution in [0.1, 0.15) is 27.7 Å². The zero-order chi connectivity index (χ0) is 17.3. The van der Waals surface area contributed by atoms with Crippen molar-refractivity contribution < 1.29 is 4.79 Å². The molecule has 3 aromatic rings. The molecule has 0 aliphatic heterocycles. The summed E-state index contributed by atoms with van der Waals surface area (Å²) in [5.74, 6) is -0.201. The summed E-state index contributed by atoms with van der Waals surface area (Å²) < 4.78 is 3.48. The predicted octanol–water partition coefficient (Wildman–Crippen LogP) is 4.08. The van der Waals surface area contributed by atoms with E-state index in [9.17, 15) is 9.59 Å². The molecule has 0 radical (unpaired) electrons. The van der Waals surface area contributed by atoms with Crippen LogP contribution in [0.15, 0.2) is 45.8 Å². The first-order valence-corrected chi connectivity index (χ1v) is 9.27. The van der Waals surface area contributed by atoms with Gasteiger partial charge in [0.1, 0.15) is 0 Å². The molecule has 24 heavy (non-hydrogen) atoms. The summed E-state index contributed by atoms with van der Waals surface area (Å²) >= 11 is 4.88. The van der Waals surface area contributed by atoms with Crippen LogP contribution in [-0.2, 0) is 13.1 Å². The van der Waals surface area contributed by atoms with Crippen LogP contribution in [-0.4, -0.2) is 10.5 Å². The van der Waals surface area contributed by atoms with Gasteiger partial charge in [0, 0.05) is 33.3 Å². The highest BCUT2D eigenvalue weighted by Gasteiger charge is 2.19. The molecule has 2 aromatic heterocycles. The average Bonchev–Trinajstić information content (AvgIpc) is 2.91. The normalized spacial score (nSPS) is 11.0. The van der Waals surface area contributed by atoms with Gasteiger partial charge in [-0.2, -0.15) is 0 Å². The Balaban J connectivity index is 1.93. The van der Waals surface area contributed by atoms with Gasteiger partial charge in [-0.25, -0.2) is 0 Å². The van der Waals surface area contributed by atoms with Crippen molar-refractivity contribution in [1.82, 2.24) is 9.88 Å². The second-order valence-electron chi connectivity index (χ2n) is 5.49. The number of carbonyl (C=O) groups excluding carboxylic acids is 1. The van der Waals surface area contributed by atoms with Gasteiger partial charge in [-0.3, -0.25) is 9.59 Å². The summed E-state index contributed by atoms with van der Waals surface area (Å²) in [6.07, 6.45) is 1.78. The molecule has 6 heteroatoms. The topological polar surface area (TPSA) is 51.1 Å². The van der Waals surface area contributed by atoms with Crippen LogP contribution < -0.4 is 10.9 Å². The summed E-state index contributed by atoms with van der Waals surface area (Å²) in [7, 11) is 0. The number of nitrogens with one attached hydrogen (secondary N) is 1. The fraction of sp³-hybridized carbons (Fsp3) is 0.222. The Hall–Kier alpha value is -1.92. The minimum Gasteiger partial charge on any atom is -0.348 e. The number of carbonyl (C=O) groups is 1. The van der Waals surface area contributed by atoms with E-state index < -0.39 is 0 Å². The number of halogens is 1. The number of rotatable bonds is 4. The van der Waals surface area contributed by atoms with Crippen molar-refractivity contribution in [1.29, 1.82) is 0 Å². The number of nitrogens with zero attached hydrogens (tertiary/aromatic N) is 1. The van der Waals surface area contributed by atoms with Crippen LogP contribution >= 0.6 is 27.3 Å². The lowest BCUT2D eigenvalue weighted by molar-refractivity contribution is 0.0952. The van der Waals surface area contributed by atoms with E-state index in [1.807, 2.05) is 44.2 Å². The molecule has 0 unspecified atom stereocenters. The van der Waals surface area contributed by atoms with Crippen LogP contribution in [0.4, 0.5) is 0 Å². The Morgan fingerprint density at radius 3 is 2.62 bits per heavy atom. The zero-order valence-electron chi connectivity index (χ0n) is 13.4. The Kier molecular flexibility index (Phi) is 4.87. The minimum atomic E-state index is -0.201. The standard InChI is InChI=1S/C18H17BrN2O2S/c1-3-21-9-8-14-16(18(21)23)15(11(2)24-14)17(22)20-10-12-4-6-13(19)7-5-12/h4-9H,3,10H2,1-2H3,(H,20,22). The maximum absolute atomic E-state index is 12.7. The third kappa shape index (κ3) is 3.16. The van der Waals surface area contributed by atoms with E-state index in [2.05, 4.69) is 21.2 Å². The first kappa shape index (κ1) is 16.9. The lowest BCUT2D eigenvalue weighted by Gasteiger charge is -2.07. The maximum atomic E-state index is 12.7. The van der Waals surface area contributed by atoms with Crippen molar-refractivity contribution >= 4 is 43.3 Å². The molecular formula is C18H17BrN2O2S. The molecule has 124 valence electrons. The molecule has 4 nitrogen and oxygen atoms in total. The molecular weight excluding hydrogens is 388 g/mol. The van der Waals surface area contributed by atoms with Crippen LogP contribution in [0.3, 0.4) is 0 Å². The predicted molar refractivity (Wildman–Crippen MR) is 102 cm³/mol. The van der Waals surface area contributed by atoms with E-state index in [1.54, 1.807) is 10.8 Å². The maximum Gasteiger partial charge on any atom is 0.260 e. The van der Waals surface area contributed by atoms with Crippen LogP contribution in [0, 0.1) is 6.92 Å². The number of amides is 1. The second-order valence-corrected chi connectivity index (χ2v) is 7.66. The number of fused-ring (bicyclic) bond motifs is 1. The number of aromatic nitrogens is 1. The Morgan fingerprint density at radius 2 is 1.96 bits per heavy atom.